The SMILES string of the molecule is [CH3+].[CH3-].[Cl][Pd+]. The maximum atomic E-state index is 4.49. The van der Waals surface area contributed by atoms with Crippen molar-refractivity contribution < 1.29 is 18.2 Å². The predicted octanol–water partition coefficient (Wildman–Crippen LogP) is 1.59. The summed E-state index contributed by atoms with van der Waals surface area (Å²) in [6.45, 7) is 0. The van der Waals surface area contributed by atoms with E-state index < -0.39 is 0 Å². The molecule has 0 aromatic carbocycles. The van der Waals surface area contributed by atoms with Gasteiger partial charge in [0.15, 0.2) is 0 Å². The van der Waals surface area contributed by atoms with Gasteiger partial charge in [-0.25, -0.2) is 0 Å². The molecule has 0 saturated heterocycles. The Labute approximate surface area is 42.9 Å². The van der Waals surface area contributed by atoms with Gasteiger partial charge < -0.3 is 7.43 Å². The van der Waals surface area contributed by atoms with Gasteiger partial charge in [-0.3, -0.25) is 0 Å². The van der Waals surface area contributed by atoms with Gasteiger partial charge in [-0.2, -0.15) is 0 Å². The van der Waals surface area contributed by atoms with Gasteiger partial charge in [0.1, 0.15) is 0 Å². The molecule has 0 heterocycles. The molecule has 0 N–H and O–H groups in total. The van der Waals surface area contributed by atoms with Crippen LogP contribution in [0.4, 0.5) is 0 Å². The topological polar surface area (TPSA) is 0 Å². The zero-order chi connectivity index (χ0) is 2.00. The Morgan fingerprint density at radius 2 is 1.25 bits per heavy atom. The standard InChI is InChI=1S/2CH3.ClH.Pd/h2*1H3;1H;/q-1;+1;;+2/p-1. The minimum atomic E-state index is 0. The first-order valence-electron chi connectivity index (χ1n) is 0.120. The zero-order valence-electron chi connectivity index (χ0n) is 2.69. The van der Waals surface area contributed by atoms with Crippen molar-refractivity contribution in [3.8, 4) is 0 Å². The Morgan fingerprint density at radius 3 is 1.25 bits per heavy atom. The molecule has 0 nitrogen and oxygen atoms in total. The van der Waals surface area contributed by atoms with E-state index in [1.165, 1.54) is 0 Å². The summed E-state index contributed by atoms with van der Waals surface area (Å²) in [5.74, 6) is 0. The van der Waals surface area contributed by atoms with E-state index in [9.17, 15) is 0 Å². The van der Waals surface area contributed by atoms with Gasteiger partial charge in [-0.05, 0) is 0 Å². The molecule has 0 bridgehead atoms. The van der Waals surface area contributed by atoms with Crippen LogP contribution in [0, 0.1) is 14.9 Å². The van der Waals surface area contributed by atoms with Crippen molar-refractivity contribution in [2.75, 3.05) is 0 Å². The second-order valence-corrected chi connectivity index (χ2v) is 0. The molecule has 0 rings (SSSR count). The van der Waals surface area contributed by atoms with Crippen LogP contribution in [0.2, 0.25) is 0 Å². The van der Waals surface area contributed by atoms with Crippen LogP contribution in [0.5, 0.6) is 0 Å². The Kier molecular flexibility index (Phi) is 239. The van der Waals surface area contributed by atoms with Gasteiger partial charge in [-0.15, -0.1) is 0 Å². The molecule has 0 aliphatic carbocycles. The molecule has 0 atom stereocenters. The van der Waals surface area contributed by atoms with Crippen LogP contribution < -0.4 is 0 Å². The summed E-state index contributed by atoms with van der Waals surface area (Å²) in [6.07, 6.45) is 0. The van der Waals surface area contributed by atoms with Crippen LogP contribution in [0.15, 0.2) is 0 Å². The number of hydrogen-bond donors (Lipinski definition) is 0. The predicted molar refractivity (Wildman–Crippen MR) is 18.7 cm³/mol. The summed E-state index contributed by atoms with van der Waals surface area (Å²) in [7, 11) is 4.49. The molecule has 0 unspecified atom stereocenters. The molecular weight excluding hydrogens is 166 g/mol. The van der Waals surface area contributed by atoms with Gasteiger partial charge in [0.05, 0.1) is 0 Å². The van der Waals surface area contributed by atoms with Crippen LogP contribution in [0.1, 0.15) is 0 Å². The first kappa shape index (κ1) is 21.2. The quantitative estimate of drug-likeness (QED) is 0.384. The number of halogens is 1. The summed E-state index contributed by atoms with van der Waals surface area (Å²) in [5, 5.41) is 0. The van der Waals surface area contributed by atoms with Gasteiger partial charge in [0, 0.05) is 7.43 Å². The zero-order valence-corrected chi connectivity index (χ0v) is 5.00. The summed E-state index contributed by atoms with van der Waals surface area (Å²) in [6, 6.07) is 0. The summed E-state index contributed by atoms with van der Waals surface area (Å²) >= 11 is 2.22. The number of rotatable bonds is 0. The Morgan fingerprint density at radius 1 is 1.25 bits per heavy atom. The second kappa shape index (κ2) is 45.0. The fourth-order valence-corrected chi connectivity index (χ4v) is 0. The summed E-state index contributed by atoms with van der Waals surface area (Å²) < 4.78 is 0. The third-order valence-electron chi connectivity index (χ3n) is 0. The fourth-order valence-electron chi connectivity index (χ4n) is 0. The van der Waals surface area contributed by atoms with Gasteiger partial charge in [-0.1, -0.05) is 0 Å². The molecule has 0 fully saturated rings. The molecule has 0 spiro atoms. The molecule has 0 aromatic heterocycles. The maximum absolute atomic E-state index is 4.49. The Bertz CT molecular complexity index is 6.00. The first-order chi connectivity index (χ1) is 1.00. The van der Waals surface area contributed by atoms with Crippen molar-refractivity contribution in [1.29, 1.82) is 0 Å². The summed E-state index contributed by atoms with van der Waals surface area (Å²) in [4.78, 5) is 0. The fraction of sp³-hybridized carbons (Fsp3) is 0. The van der Waals surface area contributed by atoms with Crippen molar-refractivity contribution >= 4 is 9.53 Å². The van der Waals surface area contributed by atoms with E-state index in [1.807, 2.05) is 0 Å². The van der Waals surface area contributed by atoms with Gasteiger partial charge >= 0.3 is 27.7 Å². The second-order valence-electron chi connectivity index (χ2n) is 0. The van der Waals surface area contributed by atoms with Crippen LogP contribution in [-0.2, 0) is 18.2 Å². The monoisotopic (exact) mass is 171 g/mol. The van der Waals surface area contributed by atoms with Crippen LogP contribution in [-0.4, -0.2) is 0 Å². The third-order valence-corrected chi connectivity index (χ3v) is 0. The van der Waals surface area contributed by atoms with E-state index in [2.05, 4.69) is 27.7 Å². The van der Waals surface area contributed by atoms with E-state index in [-0.39, 0.29) is 14.9 Å². The van der Waals surface area contributed by atoms with Crippen LogP contribution in [0.25, 0.3) is 0 Å². The van der Waals surface area contributed by atoms with E-state index in [4.69, 9.17) is 0 Å². The molecule has 0 amide bonds. The van der Waals surface area contributed by atoms with Crippen molar-refractivity contribution in [2.24, 2.45) is 0 Å². The molecule has 4 heavy (non-hydrogen) atoms. The molecule has 30 valence electrons. The molecule has 0 aromatic rings. The molecular formula is C2H6ClPd+. The summed E-state index contributed by atoms with van der Waals surface area (Å²) in [5.41, 5.74) is 0. The van der Waals surface area contributed by atoms with Crippen LogP contribution in [0.3, 0.4) is 0 Å². The van der Waals surface area contributed by atoms with Gasteiger partial charge in [0.25, 0.3) is 0 Å². The molecule has 0 saturated carbocycles. The Hall–Kier alpha value is 0.822. The van der Waals surface area contributed by atoms with E-state index >= 15 is 0 Å². The average molecular weight is 172 g/mol. The molecule has 0 aliphatic rings. The average Bonchev–Trinajstić information content (AvgIpc) is 1.00. The first-order valence-corrected chi connectivity index (χ1v) is 2.12. The third kappa shape index (κ3) is 13.9. The Balaban J connectivity index is -0.00000000500. The minimum absolute atomic E-state index is 0. The van der Waals surface area contributed by atoms with Crippen molar-refractivity contribution in [2.45, 2.75) is 0 Å². The van der Waals surface area contributed by atoms with Crippen molar-refractivity contribution in [3.05, 3.63) is 14.9 Å². The molecule has 0 aliphatic heterocycles. The van der Waals surface area contributed by atoms with E-state index in [0.29, 0.717) is 0 Å². The van der Waals surface area contributed by atoms with Crippen LogP contribution >= 0.6 is 9.53 Å². The van der Waals surface area contributed by atoms with Gasteiger partial charge in [0.2, 0.25) is 0 Å². The van der Waals surface area contributed by atoms with Crippen molar-refractivity contribution in [3.63, 3.8) is 0 Å². The molecule has 0 radical (unpaired) electrons. The molecule has 2 heteroatoms. The number of hydrogen-bond acceptors (Lipinski definition) is 0. The van der Waals surface area contributed by atoms with Crippen molar-refractivity contribution in [1.82, 2.24) is 0 Å². The van der Waals surface area contributed by atoms with E-state index in [1.54, 1.807) is 0 Å². The normalized spacial score (nSPS) is 1.75. The van der Waals surface area contributed by atoms with E-state index in [0.717, 1.165) is 0 Å².